The van der Waals surface area contributed by atoms with Crippen molar-refractivity contribution in [2.75, 3.05) is 13.7 Å². The molecule has 0 aliphatic rings. The van der Waals surface area contributed by atoms with Crippen molar-refractivity contribution in [1.29, 1.82) is 0 Å². The number of ether oxygens (including phenoxy) is 1. The first-order valence-electron chi connectivity index (χ1n) is 5.51. The highest BCUT2D eigenvalue weighted by atomic mass is 16.5. The zero-order chi connectivity index (χ0) is 12.8. The van der Waals surface area contributed by atoms with E-state index >= 15 is 0 Å². The topological polar surface area (TPSA) is 85.4 Å². The Hall–Kier alpha value is -1.62. The van der Waals surface area contributed by atoms with E-state index in [0.717, 1.165) is 11.4 Å². The van der Waals surface area contributed by atoms with Crippen molar-refractivity contribution >= 4 is 5.97 Å². The molecular weight excluding hydrogens is 220 g/mol. The number of rotatable bonds is 6. The molecule has 0 radical (unpaired) electrons. The van der Waals surface area contributed by atoms with Crippen molar-refractivity contribution < 1.29 is 14.6 Å². The first kappa shape index (κ1) is 13.4. The lowest BCUT2D eigenvalue weighted by Gasteiger charge is -2.11. The zero-order valence-electron chi connectivity index (χ0n) is 10.1. The van der Waals surface area contributed by atoms with Crippen LogP contribution in [0.5, 0.6) is 5.75 Å². The maximum atomic E-state index is 11.0. The van der Waals surface area contributed by atoms with Gasteiger partial charge in [0.15, 0.2) is 0 Å². The van der Waals surface area contributed by atoms with E-state index in [-0.39, 0.29) is 0 Å². The fourth-order valence-corrected chi connectivity index (χ4v) is 1.69. The van der Waals surface area contributed by atoms with Crippen LogP contribution >= 0.6 is 0 Å². The molecule has 0 aromatic carbocycles. The zero-order valence-corrected chi connectivity index (χ0v) is 10.1. The first-order chi connectivity index (χ1) is 8.06. The van der Waals surface area contributed by atoms with Crippen LogP contribution < -0.4 is 10.5 Å². The van der Waals surface area contributed by atoms with Crippen molar-refractivity contribution in [1.82, 2.24) is 4.98 Å². The number of pyridine rings is 1. The van der Waals surface area contributed by atoms with E-state index in [0.29, 0.717) is 25.1 Å². The van der Waals surface area contributed by atoms with Crippen LogP contribution in [0.15, 0.2) is 12.1 Å². The number of aryl methyl sites for hydroxylation is 1. The molecule has 0 saturated carbocycles. The van der Waals surface area contributed by atoms with Gasteiger partial charge < -0.3 is 15.6 Å². The lowest BCUT2D eigenvalue weighted by molar-refractivity contribution is -0.141. The highest BCUT2D eigenvalue weighted by molar-refractivity contribution is 5.70. The summed E-state index contributed by atoms with van der Waals surface area (Å²) >= 11 is 0. The van der Waals surface area contributed by atoms with Crippen molar-refractivity contribution in [2.24, 2.45) is 11.7 Å². The quantitative estimate of drug-likeness (QED) is 0.772. The van der Waals surface area contributed by atoms with Crippen LogP contribution in [0.3, 0.4) is 0 Å². The van der Waals surface area contributed by atoms with Crippen LogP contribution in [0, 0.1) is 12.8 Å². The lowest BCUT2D eigenvalue weighted by atomic mass is 9.99. The number of hydrogen-bond acceptors (Lipinski definition) is 4. The maximum Gasteiger partial charge on any atom is 0.306 e. The van der Waals surface area contributed by atoms with E-state index in [9.17, 15) is 4.79 Å². The monoisotopic (exact) mass is 238 g/mol. The number of methoxy groups -OCH3 is 1. The number of hydrogen-bond donors (Lipinski definition) is 2. The minimum atomic E-state index is -0.835. The molecule has 0 bridgehead atoms. The summed E-state index contributed by atoms with van der Waals surface area (Å²) in [4.78, 5) is 15.3. The van der Waals surface area contributed by atoms with Gasteiger partial charge in [-0.2, -0.15) is 0 Å². The number of nitrogens with zero attached hydrogens (tertiary/aromatic N) is 1. The van der Waals surface area contributed by atoms with Crippen LogP contribution in [-0.2, 0) is 11.2 Å². The standard InChI is InChI=1S/C12H18N2O3/c1-8-5-11(17-2)7-10(14-8)6-9(3-4-13)12(15)16/h5,7,9H,3-4,6,13H2,1-2H3,(H,15,16). The Morgan fingerprint density at radius 1 is 1.59 bits per heavy atom. The molecule has 0 spiro atoms. The van der Waals surface area contributed by atoms with Gasteiger partial charge in [-0.25, -0.2) is 0 Å². The molecule has 1 aromatic rings. The predicted octanol–water partition coefficient (Wildman–Crippen LogP) is 0.991. The van der Waals surface area contributed by atoms with E-state index in [1.807, 2.05) is 13.0 Å². The minimum absolute atomic E-state index is 0.361. The van der Waals surface area contributed by atoms with Gasteiger partial charge in [-0.15, -0.1) is 0 Å². The Bertz CT molecular complexity index is 393. The fraction of sp³-hybridized carbons (Fsp3) is 0.500. The third-order valence-electron chi connectivity index (χ3n) is 2.54. The van der Waals surface area contributed by atoms with Gasteiger partial charge in [0.2, 0.25) is 0 Å². The van der Waals surface area contributed by atoms with Crippen LogP contribution in [0.2, 0.25) is 0 Å². The highest BCUT2D eigenvalue weighted by Crippen LogP contribution is 2.17. The van der Waals surface area contributed by atoms with E-state index in [2.05, 4.69) is 4.98 Å². The summed E-state index contributed by atoms with van der Waals surface area (Å²) in [6.45, 7) is 2.21. The molecule has 3 N–H and O–H groups in total. The van der Waals surface area contributed by atoms with Gasteiger partial charge in [0.1, 0.15) is 5.75 Å². The second kappa shape index (κ2) is 6.20. The molecule has 1 atom stereocenters. The second-order valence-electron chi connectivity index (χ2n) is 3.96. The van der Waals surface area contributed by atoms with Gasteiger partial charge >= 0.3 is 5.97 Å². The summed E-state index contributed by atoms with van der Waals surface area (Å²) in [7, 11) is 1.58. The summed E-state index contributed by atoms with van der Waals surface area (Å²) < 4.78 is 5.13. The predicted molar refractivity (Wildman–Crippen MR) is 64.0 cm³/mol. The molecule has 94 valence electrons. The molecule has 1 rings (SSSR count). The highest BCUT2D eigenvalue weighted by Gasteiger charge is 2.18. The molecule has 5 heteroatoms. The largest absolute Gasteiger partial charge is 0.497 e. The van der Waals surface area contributed by atoms with E-state index in [1.54, 1.807) is 13.2 Å². The van der Waals surface area contributed by atoms with Gasteiger partial charge in [-0.1, -0.05) is 0 Å². The van der Waals surface area contributed by atoms with E-state index < -0.39 is 11.9 Å². The molecule has 0 fully saturated rings. The summed E-state index contributed by atoms with van der Waals surface area (Å²) in [6.07, 6.45) is 0.831. The van der Waals surface area contributed by atoms with Gasteiger partial charge in [0.25, 0.3) is 0 Å². The Morgan fingerprint density at radius 3 is 2.82 bits per heavy atom. The average molecular weight is 238 g/mol. The lowest BCUT2D eigenvalue weighted by Crippen LogP contribution is -2.20. The smallest absolute Gasteiger partial charge is 0.306 e. The minimum Gasteiger partial charge on any atom is -0.497 e. The Balaban J connectivity index is 2.84. The maximum absolute atomic E-state index is 11.0. The number of aliphatic carboxylic acids is 1. The van der Waals surface area contributed by atoms with Gasteiger partial charge in [-0.3, -0.25) is 9.78 Å². The Morgan fingerprint density at radius 2 is 2.29 bits per heavy atom. The molecule has 0 amide bonds. The summed E-state index contributed by atoms with van der Waals surface area (Å²) in [5, 5.41) is 9.05. The summed E-state index contributed by atoms with van der Waals surface area (Å²) in [5.41, 5.74) is 6.94. The molecule has 0 aliphatic carbocycles. The van der Waals surface area contributed by atoms with E-state index in [4.69, 9.17) is 15.6 Å². The van der Waals surface area contributed by atoms with Crippen molar-refractivity contribution in [3.05, 3.63) is 23.5 Å². The number of carboxylic acids is 1. The third kappa shape index (κ3) is 4.03. The third-order valence-corrected chi connectivity index (χ3v) is 2.54. The molecule has 0 aliphatic heterocycles. The van der Waals surface area contributed by atoms with E-state index in [1.165, 1.54) is 0 Å². The van der Waals surface area contributed by atoms with Gasteiger partial charge in [0.05, 0.1) is 13.0 Å². The van der Waals surface area contributed by atoms with Crippen LogP contribution in [0.4, 0.5) is 0 Å². The number of nitrogens with two attached hydrogens (primary N) is 1. The molecule has 0 saturated heterocycles. The average Bonchev–Trinajstić information content (AvgIpc) is 2.27. The molecular formula is C12H18N2O3. The fourth-order valence-electron chi connectivity index (χ4n) is 1.69. The molecule has 1 aromatic heterocycles. The summed E-state index contributed by atoms with van der Waals surface area (Å²) in [5.74, 6) is -0.624. The number of carboxylic acid groups (broad SMARTS) is 1. The van der Waals surface area contributed by atoms with Crippen molar-refractivity contribution in [2.45, 2.75) is 19.8 Å². The molecule has 5 nitrogen and oxygen atoms in total. The molecule has 1 heterocycles. The first-order valence-corrected chi connectivity index (χ1v) is 5.51. The number of carbonyl (C=O) groups is 1. The normalized spacial score (nSPS) is 12.2. The summed E-state index contributed by atoms with van der Waals surface area (Å²) in [6, 6.07) is 3.57. The van der Waals surface area contributed by atoms with Crippen LogP contribution in [0.1, 0.15) is 17.8 Å². The van der Waals surface area contributed by atoms with Crippen molar-refractivity contribution in [3.8, 4) is 5.75 Å². The van der Waals surface area contributed by atoms with Crippen LogP contribution in [-0.4, -0.2) is 29.7 Å². The van der Waals surface area contributed by atoms with Crippen molar-refractivity contribution in [3.63, 3.8) is 0 Å². The SMILES string of the molecule is COc1cc(C)nc(CC(CCN)C(=O)O)c1. The van der Waals surface area contributed by atoms with Gasteiger partial charge in [-0.05, 0) is 19.9 Å². The Labute approximate surface area is 101 Å². The molecule has 17 heavy (non-hydrogen) atoms. The van der Waals surface area contributed by atoms with Gasteiger partial charge in [0, 0.05) is 29.9 Å². The van der Waals surface area contributed by atoms with Crippen LogP contribution in [0.25, 0.3) is 0 Å². The Kier molecular flexibility index (Phi) is 4.90. The second-order valence-corrected chi connectivity index (χ2v) is 3.96. The molecule has 1 unspecified atom stereocenters. The number of aromatic nitrogens is 1.